The summed E-state index contributed by atoms with van der Waals surface area (Å²) < 4.78 is 50.3. The molecule has 3 aromatic rings. The summed E-state index contributed by atoms with van der Waals surface area (Å²) in [6, 6.07) is 11.7. The number of rotatable bonds is 9. The second-order valence-electron chi connectivity index (χ2n) is 8.29. The van der Waals surface area contributed by atoms with Crippen LogP contribution in [0.25, 0.3) is 6.08 Å². The van der Waals surface area contributed by atoms with Gasteiger partial charge in [0.15, 0.2) is 0 Å². The predicted molar refractivity (Wildman–Crippen MR) is 138 cm³/mol. The molecule has 1 aliphatic rings. The van der Waals surface area contributed by atoms with Crippen LogP contribution < -0.4 is 15.4 Å². The molecule has 1 aliphatic heterocycles. The molecule has 8 nitrogen and oxygen atoms in total. The van der Waals surface area contributed by atoms with Crippen molar-refractivity contribution < 1.29 is 27.4 Å². The summed E-state index contributed by atoms with van der Waals surface area (Å²) in [6.07, 6.45) is -0.310. The van der Waals surface area contributed by atoms with E-state index in [-0.39, 0.29) is 5.69 Å². The maximum Gasteiger partial charge on any atom is 0.417 e. The number of aromatic nitrogens is 2. The number of hydrogen-bond acceptors (Lipinski definition) is 7. The lowest BCUT2D eigenvalue weighted by Crippen LogP contribution is -2.39. The van der Waals surface area contributed by atoms with Gasteiger partial charge in [-0.15, -0.1) is 0 Å². The Bertz CT molecular complexity index is 1280. The van der Waals surface area contributed by atoms with Crippen LogP contribution in [0.4, 0.5) is 24.8 Å². The number of carbonyl (C=O) groups is 1. The van der Waals surface area contributed by atoms with Crippen LogP contribution in [-0.4, -0.2) is 60.2 Å². The second-order valence-corrected chi connectivity index (χ2v) is 8.70. The summed E-state index contributed by atoms with van der Waals surface area (Å²) in [4.78, 5) is 23.1. The number of benzene rings is 2. The third-order valence-corrected chi connectivity index (χ3v) is 5.82. The van der Waals surface area contributed by atoms with Crippen molar-refractivity contribution in [3.05, 3.63) is 77.0 Å². The predicted octanol–water partition coefficient (Wildman–Crippen LogP) is 5.34. The molecule has 2 aromatic carbocycles. The monoisotopic (exact) mass is 547 g/mol. The molecule has 0 atom stereocenters. The molecule has 4 rings (SSSR count). The van der Waals surface area contributed by atoms with Crippen molar-refractivity contribution in [3.63, 3.8) is 0 Å². The Hall–Kier alpha value is -3.67. The van der Waals surface area contributed by atoms with E-state index in [1.807, 2.05) is 0 Å². The fraction of sp³-hybridized carbons (Fsp3) is 0.269. The molecule has 0 aliphatic carbocycles. The highest BCUT2D eigenvalue weighted by atomic mass is 35.5. The van der Waals surface area contributed by atoms with Crippen LogP contribution in [0.1, 0.15) is 11.1 Å². The number of amides is 1. The molecule has 0 saturated carbocycles. The summed E-state index contributed by atoms with van der Waals surface area (Å²) in [7, 11) is 0. The van der Waals surface area contributed by atoms with Crippen molar-refractivity contribution in [1.82, 2.24) is 14.9 Å². The molecule has 0 radical (unpaired) electrons. The number of alkyl halides is 3. The third kappa shape index (κ3) is 8.17. The van der Waals surface area contributed by atoms with Crippen molar-refractivity contribution in [2.75, 3.05) is 50.0 Å². The van der Waals surface area contributed by atoms with Crippen molar-refractivity contribution in [2.24, 2.45) is 0 Å². The zero-order valence-corrected chi connectivity index (χ0v) is 20.9. The minimum atomic E-state index is -4.63. The summed E-state index contributed by atoms with van der Waals surface area (Å²) in [5.41, 5.74) is -0.403. The lowest BCUT2D eigenvalue weighted by Gasteiger charge is -2.26. The second kappa shape index (κ2) is 12.7. The number of carbonyl (C=O) groups excluding carboxylic acids is 1. The molecular formula is C26H25ClF3N5O3. The van der Waals surface area contributed by atoms with Crippen LogP contribution in [0.5, 0.6) is 11.6 Å². The third-order valence-electron chi connectivity index (χ3n) is 5.49. The molecule has 2 N–H and O–H groups in total. The Morgan fingerprint density at radius 3 is 2.76 bits per heavy atom. The normalized spacial score (nSPS) is 14.4. The average Bonchev–Trinajstić information content (AvgIpc) is 2.89. The summed E-state index contributed by atoms with van der Waals surface area (Å²) in [6.45, 7) is 4.81. The van der Waals surface area contributed by atoms with Gasteiger partial charge in [0.2, 0.25) is 17.7 Å². The first-order chi connectivity index (χ1) is 18.3. The van der Waals surface area contributed by atoms with Crippen molar-refractivity contribution in [2.45, 2.75) is 6.18 Å². The Morgan fingerprint density at radius 1 is 1.16 bits per heavy atom. The highest BCUT2D eigenvalue weighted by molar-refractivity contribution is 6.31. The molecule has 1 amide bonds. The van der Waals surface area contributed by atoms with Gasteiger partial charge in [-0.2, -0.15) is 18.2 Å². The first kappa shape index (κ1) is 27.4. The van der Waals surface area contributed by atoms with Gasteiger partial charge in [-0.25, -0.2) is 4.98 Å². The molecule has 1 fully saturated rings. The molecule has 0 bridgehead atoms. The first-order valence-electron chi connectivity index (χ1n) is 11.8. The lowest BCUT2D eigenvalue weighted by molar-refractivity contribution is -0.137. The largest absolute Gasteiger partial charge is 0.439 e. The standard InChI is InChI=1S/C26H25ClF3N5O3/c27-22-6-5-19(17-21(22)26(28,29)30)33-23(36)7-4-18-2-1-3-20(16-18)38-24-8-9-31-25(34-24)32-10-11-35-12-14-37-15-13-35/h1-9,16-17H,10-15H2,(H,33,36)(H,31,32,34)/b7-4+. The van der Waals surface area contributed by atoms with Crippen molar-refractivity contribution >= 4 is 35.2 Å². The highest BCUT2D eigenvalue weighted by Crippen LogP contribution is 2.36. The maximum absolute atomic E-state index is 13.0. The van der Waals surface area contributed by atoms with Gasteiger partial charge in [0.05, 0.1) is 23.8 Å². The highest BCUT2D eigenvalue weighted by Gasteiger charge is 2.33. The quantitative estimate of drug-likeness (QED) is 0.350. The number of ether oxygens (including phenoxy) is 2. The minimum Gasteiger partial charge on any atom is -0.439 e. The smallest absolute Gasteiger partial charge is 0.417 e. The van der Waals surface area contributed by atoms with E-state index in [4.69, 9.17) is 21.1 Å². The number of nitrogens with zero attached hydrogens (tertiary/aromatic N) is 3. The molecule has 200 valence electrons. The Balaban J connectivity index is 1.32. The van der Waals surface area contributed by atoms with Crippen LogP contribution in [0.15, 0.2) is 60.8 Å². The number of hydrogen-bond donors (Lipinski definition) is 2. The molecule has 2 heterocycles. The van der Waals surface area contributed by atoms with Crippen molar-refractivity contribution in [3.8, 4) is 11.6 Å². The van der Waals surface area contributed by atoms with Crippen LogP contribution in [-0.2, 0) is 15.7 Å². The Kier molecular flexibility index (Phi) is 9.16. The van der Waals surface area contributed by atoms with E-state index in [2.05, 4.69) is 25.5 Å². The summed E-state index contributed by atoms with van der Waals surface area (Å²) in [5, 5.41) is 5.15. The summed E-state index contributed by atoms with van der Waals surface area (Å²) >= 11 is 5.62. The van der Waals surface area contributed by atoms with E-state index in [1.165, 1.54) is 18.2 Å². The summed E-state index contributed by atoms with van der Waals surface area (Å²) in [5.74, 6) is 0.670. The topological polar surface area (TPSA) is 88.6 Å². The molecule has 0 spiro atoms. The van der Waals surface area contributed by atoms with Gasteiger partial charge in [-0.05, 0) is 42.0 Å². The number of halogens is 4. The average molecular weight is 548 g/mol. The van der Waals surface area contributed by atoms with E-state index < -0.39 is 22.7 Å². The fourth-order valence-electron chi connectivity index (χ4n) is 3.61. The van der Waals surface area contributed by atoms with Crippen LogP contribution in [0.3, 0.4) is 0 Å². The van der Waals surface area contributed by atoms with Gasteiger partial charge in [-0.1, -0.05) is 23.7 Å². The zero-order valence-electron chi connectivity index (χ0n) is 20.2. The minimum absolute atomic E-state index is 0.0217. The lowest BCUT2D eigenvalue weighted by atomic mass is 10.2. The Labute approximate surface area is 222 Å². The maximum atomic E-state index is 13.0. The SMILES string of the molecule is O=C(/C=C/c1cccc(Oc2ccnc(NCCN3CCOCC3)n2)c1)Nc1ccc(Cl)c(C(F)(F)F)c1. The van der Waals surface area contributed by atoms with Crippen molar-refractivity contribution in [1.29, 1.82) is 0 Å². The molecule has 1 saturated heterocycles. The molecule has 12 heteroatoms. The van der Waals surface area contributed by atoms with E-state index in [0.717, 1.165) is 45.0 Å². The van der Waals surface area contributed by atoms with Gasteiger partial charge in [0.1, 0.15) is 5.75 Å². The van der Waals surface area contributed by atoms with Gasteiger partial charge >= 0.3 is 6.18 Å². The molecule has 1 aromatic heterocycles. The first-order valence-corrected chi connectivity index (χ1v) is 12.1. The number of nitrogens with one attached hydrogen (secondary N) is 2. The van der Waals surface area contributed by atoms with Crippen LogP contribution >= 0.6 is 11.6 Å². The van der Waals surface area contributed by atoms with Gasteiger partial charge in [-0.3, -0.25) is 9.69 Å². The number of morpholine rings is 1. The van der Waals surface area contributed by atoms with Crippen LogP contribution in [0, 0.1) is 0 Å². The molecular weight excluding hydrogens is 523 g/mol. The number of anilines is 2. The van der Waals surface area contributed by atoms with Gasteiger partial charge < -0.3 is 20.1 Å². The molecule has 38 heavy (non-hydrogen) atoms. The Morgan fingerprint density at radius 2 is 1.97 bits per heavy atom. The van der Waals surface area contributed by atoms with Crippen LogP contribution in [0.2, 0.25) is 5.02 Å². The molecule has 0 unspecified atom stereocenters. The fourth-order valence-corrected chi connectivity index (χ4v) is 3.84. The van der Waals surface area contributed by atoms with E-state index in [0.29, 0.717) is 29.7 Å². The zero-order chi connectivity index (χ0) is 27.0. The van der Waals surface area contributed by atoms with E-state index in [9.17, 15) is 18.0 Å². The van der Waals surface area contributed by atoms with E-state index >= 15 is 0 Å². The van der Waals surface area contributed by atoms with E-state index in [1.54, 1.807) is 36.5 Å². The van der Waals surface area contributed by atoms with Gasteiger partial charge in [0.25, 0.3) is 0 Å². The van der Waals surface area contributed by atoms with Gasteiger partial charge in [0, 0.05) is 50.2 Å².